The lowest BCUT2D eigenvalue weighted by atomic mass is 10.1. The maximum atomic E-state index is 12.7. The first-order valence-electron chi connectivity index (χ1n) is 14.0. The van der Waals surface area contributed by atoms with E-state index < -0.39 is 0 Å². The van der Waals surface area contributed by atoms with E-state index in [0.29, 0.717) is 25.5 Å². The molecular weight excluding hydrogens is 502 g/mol. The van der Waals surface area contributed by atoms with E-state index in [1.807, 2.05) is 45.2 Å². The molecular formula is C32H41N5O3. The summed E-state index contributed by atoms with van der Waals surface area (Å²) < 4.78 is 6.18. The number of benzene rings is 2. The van der Waals surface area contributed by atoms with E-state index >= 15 is 0 Å². The third-order valence-corrected chi connectivity index (χ3v) is 7.29. The number of nitrogens with one attached hydrogen (secondary N) is 1. The van der Waals surface area contributed by atoms with Crippen LogP contribution in [0.1, 0.15) is 31.2 Å². The van der Waals surface area contributed by atoms with Crippen molar-refractivity contribution in [3.8, 4) is 17.0 Å². The van der Waals surface area contributed by atoms with Gasteiger partial charge in [-0.25, -0.2) is 4.98 Å². The van der Waals surface area contributed by atoms with Gasteiger partial charge in [0.25, 0.3) is 0 Å². The minimum Gasteiger partial charge on any atom is -0.474 e. The molecule has 3 aromatic rings. The Kier molecular flexibility index (Phi) is 10.00. The summed E-state index contributed by atoms with van der Waals surface area (Å²) >= 11 is 0. The van der Waals surface area contributed by atoms with E-state index in [-0.39, 0.29) is 30.8 Å². The maximum absolute atomic E-state index is 12.7. The Labute approximate surface area is 237 Å². The highest BCUT2D eigenvalue weighted by Gasteiger charge is 2.24. The monoisotopic (exact) mass is 543 g/mol. The molecule has 0 atom stereocenters. The third-order valence-electron chi connectivity index (χ3n) is 7.29. The van der Waals surface area contributed by atoms with Gasteiger partial charge in [-0.1, -0.05) is 24.3 Å². The van der Waals surface area contributed by atoms with Crippen LogP contribution in [0.15, 0.2) is 66.9 Å². The number of hydrogen-bond acceptors (Lipinski definition) is 6. The molecule has 4 rings (SSSR count). The summed E-state index contributed by atoms with van der Waals surface area (Å²) in [5.74, 6) is 0.539. The number of rotatable bonds is 11. The van der Waals surface area contributed by atoms with Gasteiger partial charge in [0.1, 0.15) is 6.10 Å². The van der Waals surface area contributed by atoms with Crippen LogP contribution in [-0.2, 0) is 16.0 Å². The second-order valence-corrected chi connectivity index (χ2v) is 10.7. The van der Waals surface area contributed by atoms with Crippen LogP contribution in [0.25, 0.3) is 11.1 Å². The smallest absolute Gasteiger partial charge is 0.223 e. The molecule has 1 aromatic heterocycles. The lowest BCUT2D eigenvalue weighted by Crippen LogP contribution is -2.42. The number of amides is 2. The van der Waals surface area contributed by atoms with Gasteiger partial charge in [-0.2, -0.15) is 0 Å². The summed E-state index contributed by atoms with van der Waals surface area (Å²) in [5.41, 5.74) is 5.64. The second-order valence-electron chi connectivity index (χ2n) is 10.7. The Morgan fingerprint density at radius 1 is 0.875 bits per heavy atom. The maximum Gasteiger partial charge on any atom is 0.223 e. The van der Waals surface area contributed by atoms with Crippen LogP contribution in [0.2, 0.25) is 0 Å². The molecule has 0 radical (unpaired) electrons. The van der Waals surface area contributed by atoms with Crippen molar-refractivity contribution in [1.82, 2.24) is 15.2 Å². The fraction of sp³-hybridized carbons (Fsp3) is 0.406. The minimum absolute atomic E-state index is 0.0120. The van der Waals surface area contributed by atoms with Crippen molar-refractivity contribution in [1.29, 1.82) is 0 Å². The number of anilines is 2. The number of hydrogen-bond donors (Lipinski definition) is 1. The van der Waals surface area contributed by atoms with E-state index in [0.717, 1.165) is 41.8 Å². The standard InChI is InChI=1S/C32H41N5O3/c1-35(2)27-9-5-24(6-10-27)15-19-33-30(38)13-14-32(39)37-21-17-29(18-22-37)40-31-23-26(16-20-34-31)25-7-11-28(12-8-25)36(3)4/h5-12,16,20,23,29H,13-15,17-19,21-22H2,1-4H3,(H,33,38). The summed E-state index contributed by atoms with van der Waals surface area (Å²) in [5, 5.41) is 2.94. The van der Waals surface area contributed by atoms with Gasteiger partial charge >= 0.3 is 0 Å². The molecule has 212 valence electrons. The Bertz CT molecular complexity index is 1250. The largest absolute Gasteiger partial charge is 0.474 e. The SMILES string of the molecule is CN(C)c1ccc(CCNC(=O)CCC(=O)N2CCC(Oc3cc(-c4ccc(N(C)C)cc4)ccn3)CC2)cc1. The molecule has 40 heavy (non-hydrogen) atoms. The van der Waals surface area contributed by atoms with E-state index in [1.165, 1.54) is 5.56 Å². The highest BCUT2D eigenvalue weighted by molar-refractivity contribution is 5.83. The number of nitrogens with zero attached hydrogens (tertiary/aromatic N) is 4. The fourth-order valence-corrected chi connectivity index (χ4v) is 4.77. The molecule has 0 unspecified atom stereocenters. The Balaban J connectivity index is 1.16. The molecule has 0 saturated carbocycles. The first kappa shape index (κ1) is 28.9. The van der Waals surface area contributed by atoms with Gasteiger partial charge < -0.3 is 24.8 Å². The number of piperidine rings is 1. The van der Waals surface area contributed by atoms with Crippen LogP contribution in [0, 0.1) is 0 Å². The molecule has 1 N–H and O–H groups in total. The second kappa shape index (κ2) is 13.8. The van der Waals surface area contributed by atoms with E-state index in [2.05, 4.69) is 68.6 Å². The van der Waals surface area contributed by atoms with Gasteiger partial charge in [-0.15, -0.1) is 0 Å². The van der Waals surface area contributed by atoms with Crippen molar-refractivity contribution in [2.75, 3.05) is 57.6 Å². The predicted molar refractivity (Wildman–Crippen MR) is 161 cm³/mol. The van der Waals surface area contributed by atoms with E-state index in [4.69, 9.17) is 4.74 Å². The van der Waals surface area contributed by atoms with E-state index in [9.17, 15) is 9.59 Å². The first-order valence-corrected chi connectivity index (χ1v) is 14.0. The van der Waals surface area contributed by atoms with Crippen molar-refractivity contribution in [2.45, 2.75) is 38.2 Å². The molecule has 1 saturated heterocycles. The van der Waals surface area contributed by atoms with Crippen molar-refractivity contribution in [3.63, 3.8) is 0 Å². The number of ether oxygens (including phenoxy) is 1. The molecule has 1 aliphatic rings. The normalized spacial score (nSPS) is 13.6. The summed E-state index contributed by atoms with van der Waals surface area (Å²) in [6.45, 7) is 1.81. The van der Waals surface area contributed by atoms with Crippen LogP contribution >= 0.6 is 0 Å². The molecule has 2 amide bonds. The van der Waals surface area contributed by atoms with Crippen LogP contribution in [0.5, 0.6) is 5.88 Å². The topological polar surface area (TPSA) is 78.0 Å². The summed E-state index contributed by atoms with van der Waals surface area (Å²) in [6.07, 6.45) is 4.47. The molecule has 2 heterocycles. The van der Waals surface area contributed by atoms with Crippen LogP contribution in [-0.4, -0.2) is 75.6 Å². The van der Waals surface area contributed by atoms with Crippen molar-refractivity contribution in [3.05, 3.63) is 72.4 Å². The van der Waals surface area contributed by atoms with E-state index in [1.54, 1.807) is 6.20 Å². The zero-order valence-corrected chi connectivity index (χ0v) is 24.1. The predicted octanol–water partition coefficient (Wildman–Crippen LogP) is 4.39. The van der Waals surface area contributed by atoms with Gasteiger partial charge in [0.05, 0.1) is 0 Å². The molecule has 0 aliphatic carbocycles. The highest BCUT2D eigenvalue weighted by atomic mass is 16.5. The van der Waals surface area contributed by atoms with Gasteiger partial charge in [0, 0.05) is 97.1 Å². The Morgan fingerprint density at radius 2 is 1.50 bits per heavy atom. The van der Waals surface area contributed by atoms with Crippen LogP contribution in [0.4, 0.5) is 11.4 Å². The zero-order chi connectivity index (χ0) is 28.5. The van der Waals surface area contributed by atoms with Gasteiger partial charge in [-0.05, 0) is 53.4 Å². The number of aromatic nitrogens is 1. The lowest BCUT2D eigenvalue weighted by molar-refractivity contribution is -0.135. The average molecular weight is 544 g/mol. The number of likely N-dealkylation sites (tertiary alicyclic amines) is 1. The van der Waals surface area contributed by atoms with Gasteiger partial charge in [-0.3, -0.25) is 9.59 Å². The van der Waals surface area contributed by atoms with Gasteiger partial charge in [0.15, 0.2) is 0 Å². The van der Waals surface area contributed by atoms with Gasteiger partial charge in [0.2, 0.25) is 17.7 Å². The molecule has 0 spiro atoms. The quantitative estimate of drug-likeness (QED) is 0.387. The summed E-state index contributed by atoms with van der Waals surface area (Å²) in [6, 6.07) is 20.6. The Morgan fingerprint density at radius 3 is 2.12 bits per heavy atom. The molecule has 0 bridgehead atoms. The highest BCUT2D eigenvalue weighted by Crippen LogP contribution is 2.26. The van der Waals surface area contributed by atoms with Crippen LogP contribution in [0.3, 0.4) is 0 Å². The first-order chi connectivity index (χ1) is 19.3. The Hall–Kier alpha value is -4.07. The van der Waals surface area contributed by atoms with Crippen molar-refractivity contribution < 1.29 is 14.3 Å². The fourth-order valence-electron chi connectivity index (χ4n) is 4.77. The minimum atomic E-state index is -0.0845. The number of pyridine rings is 1. The van der Waals surface area contributed by atoms with Crippen molar-refractivity contribution in [2.24, 2.45) is 0 Å². The summed E-state index contributed by atoms with van der Waals surface area (Å²) in [4.78, 5) is 35.4. The molecule has 2 aromatic carbocycles. The van der Waals surface area contributed by atoms with Crippen LogP contribution < -0.4 is 19.9 Å². The molecule has 1 aliphatic heterocycles. The average Bonchev–Trinajstić information content (AvgIpc) is 2.97. The lowest BCUT2D eigenvalue weighted by Gasteiger charge is -2.32. The number of carbonyl (C=O) groups is 2. The summed E-state index contributed by atoms with van der Waals surface area (Å²) in [7, 11) is 8.07. The third kappa shape index (κ3) is 8.21. The molecule has 8 heteroatoms. The zero-order valence-electron chi connectivity index (χ0n) is 24.1. The molecule has 8 nitrogen and oxygen atoms in total. The number of carbonyl (C=O) groups excluding carboxylic acids is 2. The van der Waals surface area contributed by atoms with Crippen molar-refractivity contribution >= 4 is 23.2 Å². The molecule has 1 fully saturated rings.